The fraction of sp³-hybridized carbons (Fsp3) is 0.500. The highest BCUT2D eigenvalue weighted by molar-refractivity contribution is 7.13. The number of rotatable bonds is 3. The van der Waals surface area contributed by atoms with E-state index in [0.29, 0.717) is 19.6 Å². The van der Waals surface area contributed by atoms with Gasteiger partial charge in [-0.15, -0.1) is 11.3 Å². The first-order valence-electron chi connectivity index (χ1n) is 8.58. The zero-order chi connectivity index (χ0) is 16.4. The molecule has 1 amide bonds. The Morgan fingerprint density at radius 3 is 3.12 bits per heavy atom. The third-order valence-corrected chi connectivity index (χ3v) is 5.73. The van der Waals surface area contributed by atoms with Gasteiger partial charge in [-0.05, 0) is 25.0 Å². The Kier molecular flexibility index (Phi) is 4.58. The zero-order valence-corrected chi connectivity index (χ0v) is 14.4. The minimum Gasteiger partial charge on any atom is -0.374 e. The molecule has 0 radical (unpaired) electrons. The van der Waals surface area contributed by atoms with Gasteiger partial charge in [0.2, 0.25) is 5.91 Å². The second kappa shape index (κ2) is 6.99. The third kappa shape index (κ3) is 3.21. The summed E-state index contributed by atoms with van der Waals surface area (Å²) in [5, 5.41) is 2.84. The van der Waals surface area contributed by atoms with Crippen LogP contribution in [0.2, 0.25) is 0 Å². The quantitative estimate of drug-likeness (QED) is 0.860. The van der Waals surface area contributed by atoms with E-state index in [1.54, 1.807) is 17.5 Å². The Hall–Kier alpha value is -1.79. The number of carbonyl (C=O) groups excluding carboxylic acids is 1. The monoisotopic (exact) mass is 343 g/mol. The molecule has 1 saturated heterocycles. The third-order valence-electron chi connectivity index (χ3n) is 4.82. The van der Waals surface area contributed by atoms with Crippen LogP contribution in [0.5, 0.6) is 0 Å². The minimum atomic E-state index is 0.174. The van der Waals surface area contributed by atoms with Crippen LogP contribution in [0.25, 0.3) is 10.7 Å². The lowest BCUT2D eigenvalue weighted by molar-refractivity contribution is -0.148. The molecule has 2 fully saturated rings. The largest absolute Gasteiger partial charge is 0.374 e. The van der Waals surface area contributed by atoms with Gasteiger partial charge in [-0.1, -0.05) is 18.9 Å². The van der Waals surface area contributed by atoms with Gasteiger partial charge in [0.15, 0.2) is 0 Å². The van der Waals surface area contributed by atoms with E-state index in [2.05, 4.69) is 9.97 Å². The van der Waals surface area contributed by atoms with E-state index < -0.39 is 0 Å². The number of hydrogen-bond acceptors (Lipinski definition) is 5. The van der Waals surface area contributed by atoms with Crippen molar-refractivity contribution in [2.45, 2.75) is 44.2 Å². The van der Waals surface area contributed by atoms with E-state index >= 15 is 0 Å². The standard InChI is InChI=1S/C18H21N3O2S/c22-17(21-9-10-23-16-7-2-1-6-15(16)21)11-13-12-24-18(20-13)14-5-3-4-8-19-14/h3-5,8,12,15-16H,1-2,6-7,9-11H2/t15-,16-/m0/s1. The highest BCUT2D eigenvalue weighted by atomic mass is 32.1. The first-order chi connectivity index (χ1) is 11.8. The van der Waals surface area contributed by atoms with Gasteiger partial charge in [0.25, 0.3) is 0 Å². The van der Waals surface area contributed by atoms with Crippen molar-refractivity contribution in [3.8, 4) is 10.7 Å². The zero-order valence-electron chi connectivity index (χ0n) is 13.6. The van der Waals surface area contributed by atoms with E-state index in [-0.39, 0.29) is 18.1 Å². The topological polar surface area (TPSA) is 55.3 Å². The predicted molar refractivity (Wildman–Crippen MR) is 92.8 cm³/mol. The van der Waals surface area contributed by atoms with Crippen molar-refractivity contribution in [1.29, 1.82) is 0 Å². The van der Waals surface area contributed by atoms with Crippen LogP contribution >= 0.6 is 11.3 Å². The Morgan fingerprint density at radius 1 is 1.33 bits per heavy atom. The SMILES string of the molecule is O=C(Cc1csc(-c2ccccn2)n1)N1CCO[C@H]2CCCC[C@@H]21. The fourth-order valence-electron chi connectivity index (χ4n) is 3.66. The molecular formula is C18H21N3O2S. The first kappa shape index (κ1) is 15.7. The van der Waals surface area contributed by atoms with Crippen LogP contribution in [0.1, 0.15) is 31.4 Å². The van der Waals surface area contributed by atoms with Crippen molar-refractivity contribution in [3.05, 3.63) is 35.5 Å². The average molecular weight is 343 g/mol. The molecule has 0 N–H and O–H groups in total. The van der Waals surface area contributed by atoms with Gasteiger partial charge in [-0.2, -0.15) is 0 Å². The molecule has 0 spiro atoms. The summed E-state index contributed by atoms with van der Waals surface area (Å²) in [5.74, 6) is 0.174. The summed E-state index contributed by atoms with van der Waals surface area (Å²) < 4.78 is 5.86. The summed E-state index contributed by atoms with van der Waals surface area (Å²) in [6.07, 6.45) is 6.90. The lowest BCUT2D eigenvalue weighted by atomic mass is 9.90. The summed E-state index contributed by atoms with van der Waals surface area (Å²) in [5.41, 5.74) is 1.70. The Bertz CT molecular complexity index is 701. The molecule has 126 valence electrons. The first-order valence-corrected chi connectivity index (χ1v) is 9.46. The molecule has 6 heteroatoms. The second-order valence-electron chi connectivity index (χ2n) is 6.38. The van der Waals surface area contributed by atoms with Crippen molar-refractivity contribution in [1.82, 2.24) is 14.9 Å². The van der Waals surface area contributed by atoms with Gasteiger partial charge in [-0.3, -0.25) is 9.78 Å². The number of amides is 1. The molecule has 0 aromatic carbocycles. The molecule has 2 atom stereocenters. The molecule has 3 heterocycles. The molecule has 2 aromatic heterocycles. The molecule has 4 rings (SSSR count). The van der Waals surface area contributed by atoms with Crippen molar-refractivity contribution < 1.29 is 9.53 Å². The van der Waals surface area contributed by atoms with Crippen molar-refractivity contribution in [3.63, 3.8) is 0 Å². The van der Waals surface area contributed by atoms with Crippen LogP contribution in [0.3, 0.4) is 0 Å². The number of carbonyl (C=O) groups is 1. The minimum absolute atomic E-state index is 0.174. The van der Waals surface area contributed by atoms with E-state index in [1.807, 2.05) is 28.5 Å². The molecule has 1 saturated carbocycles. The van der Waals surface area contributed by atoms with Crippen LogP contribution in [0.15, 0.2) is 29.8 Å². The molecular weight excluding hydrogens is 322 g/mol. The molecule has 0 bridgehead atoms. The summed E-state index contributed by atoms with van der Waals surface area (Å²) in [7, 11) is 0. The number of aromatic nitrogens is 2. The summed E-state index contributed by atoms with van der Waals surface area (Å²) in [6.45, 7) is 1.36. The van der Waals surface area contributed by atoms with Gasteiger partial charge in [0.05, 0.1) is 36.6 Å². The predicted octanol–water partition coefficient (Wildman–Crippen LogP) is 2.92. The Balaban J connectivity index is 1.45. The maximum absolute atomic E-state index is 12.8. The van der Waals surface area contributed by atoms with Crippen LogP contribution in [-0.4, -0.2) is 46.1 Å². The van der Waals surface area contributed by atoms with Crippen LogP contribution in [-0.2, 0) is 16.0 Å². The van der Waals surface area contributed by atoms with E-state index in [9.17, 15) is 4.79 Å². The Morgan fingerprint density at radius 2 is 2.25 bits per heavy atom. The van der Waals surface area contributed by atoms with Crippen LogP contribution < -0.4 is 0 Å². The van der Waals surface area contributed by atoms with Crippen LogP contribution in [0, 0.1) is 0 Å². The number of nitrogens with zero attached hydrogens (tertiary/aromatic N) is 3. The lowest BCUT2D eigenvalue weighted by Crippen LogP contribution is -2.55. The highest BCUT2D eigenvalue weighted by Crippen LogP contribution is 2.29. The van der Waals surface area contributed by atoms with Gasteiger partial charge in [0, 0.05) is 18.1 Å². The number of ether oxygens (including phenoxy) is 1. The molecule has 2 aromatic rings. The van der Waals surface area contributed by atoms with Crippen molar-refractivity contribution in [2.75, 3.05) is 13.2 Å². The highest BCUT2D eigenvalue weighted by Gasteiger charge is 2.36. The summed E-state index contributed by atoms with van der Waals surface area (Å²) in [4.78, 5) is 23.7. The van der Waals surface area contributed by atoms with E-state index in [1.165, 1.54) is 12.8 Å². The number of hydrogen-bond donors (Lipinski definition) is 0. The fourth-order valence-corrected chi connectivity index (χ4v) is 4.45. The average Bonchev–Trinajstić information content (AvgIpc) is 3.10. The molecule has 5 nitrogen and oxygen atoms in total. The van der Waals surface area contributed by atoms with Gasteiger partial charge in [0.1, 0.15) is 5.01 Å². The molecule has 0 unspecified atom stereocenters. The number of fused-ring (bicyclic) bond motifs is 1. The lowest BCUT2D eigenvalue weighted by Gasteiger charge is -2.43. The molecule has 2 aliphatic rings. The normalized spacial score (nSPS) is 23.8. The summed E-state index contributed by atoms with van der Waals surface area (Å²) in [6, 6.07) is 6.04. The van der Waals surface area contributed by atoms with Crippen LogP contribution in [0.4, 0.5) is 0 Å². The number of thiazole rings is 1. The van der Waals surface area contributed by atoms with Gasteiger partial charge in [-0.25, -0.2) is 4.98 Å². The smallest absolute Gasteiger partial charge is 0.229 e. The van der Waals surface area contributed by atoms with Crippen molar-refractivity contribution in [2.24, 2.45) is 0 Å². The number of pyridine rings is 1. The molecule has 1 aliphatic carbocycles. The van der Waals surface area contributed by atoms with Gasteiger partial charge < -0.3 is 9.64 Å². The maximum atomic E-state index is 12.8. The second-order valence-corrected chi connectivity index (χ2v) is 7.24. The molecule has 1 aliphatic heterocycles. The Labute approximate surface area is 145 Å². The molecule has 24 heavy (non-hydrogen) atoms. The van der Waals surface area contributed by atoms with Crippen molar-refractivity contribution >= 4 is 17.2 Å². The van der Waals surface area contributed by atoms with E-state index in [0.717, 1.165) is 29.2 Å². The number of morpholine rings is 1. The maximum Gasteiger partial charge on any atom is 0.229 e. The van der Waals surface area contributed by atoms with Gasteiger partial charge >= 0.3 is 0 Å². The van der Waals surface area contributed by atoms with E-state index in [4.69, 9.17) is 4.74 Å². The summed E-state index contributed by atoms with van der Waals surface area (Å²) >= 11 is 1.55.